The van der Waals surface area contributed by atoms with Gasteiger partial charge in [-0.25, -0.2) is 22.4 Å². The molecule has 0 aliphatic heterocycles. The van der Waals surface area contributed by atoms with Gasteiger partial charge in [-0.3, -0.25) is 0 Å². The zero-order chi connectivity index (χ0) is 26.0. The summed E-state index contributed by atoms with van der Waals surface area (Å²) in [7, 11) is 0. The molecule has 2 aromatic carbocycles. The van der Waals surface area contributed by atoms with Crippen molar-refractivity contribution in [1.82, 2.24) is 0 Å². The van der Waals surface area contributed by atoms with Gasteiger partial charge in [-0.05, 0) is 41.7 Å². The van der Waals surface area contributed by atoms with Crippen molar-refractivity contribution >= 4 is 23.1 Å². The number of nitrogens with zero attached hydrogens (tertiary/aromatic N) is 2. The number of alkyl halides is 2. The molecule has 0 saturated heterocycles. The summed E-state index contributed by atoms with van der Waals surface area (Å²) in [6, 6.07) is 8.95. The van der Waals surface area contributed by atoms with Gasteiger partial charge in [-0.2, -0.15) is 5.26 Å². The van der Waals surface area contributed by atoms with Gasteiger partial charge in [0.2, 0.25) is 0 Å². The van der Waals surface area contributed by atoms with E-state index in [1.54, 1.807) is 18.2 Å². The molecule has 2 amide bonds. The van der Waals surface area contributed by atoms with Gasteiger partial charge in [0.15, 0.2) is 0 Å². The van der Waals surface area contributed by atoms with E-state index in [1.165, 1.54) is 0 Å². The molecule has 3 rings (SSSR count). The maximum atomic E-state index is 14.0. The Bertz CT molecular complexity index is 1110. The lowest BCUT2D eigenvalue weighted by Crippen LogP contribution is -2.48. The highest BCUT2D eigenvalue weighted by Gasteiger charge is 2.58. The SMILES string of the molecule is CC(C)CN(CC(C)C)c1ccc(C2(C#N)CC(F)(F)C2)cc1NC(=O)Nc1ccc(F)cc1F. The highest BCUT2D eigenvalue weighted by Crippen LogP contribution is 2.53. The molecule has 2 N–H and O–H groups in total. The van der Waals surface area contributed by atoms with Gasteiger partial charge in [0.1, 0.15) is 11.6 Å². The molecule has 0 aromatic heterocycles. The lowest BCUT2D eigenvalue weighted by Gasteiger charge is -2.43. The van der Waals surface area contributed by atoms with E-state index in [1.807, 2.05) is 6.07 Å². The Morgan fingerprint density at radius 1 is 1.00 bits per heavy atom. The molecule has 0 unspecified atom stereocenters. The van der Waals surface area contributed by atoms with E-state index >= 15 is 0 Å². The number of hydrogen-bond acceptors (Lipinski definition) is 3. The van der Waals surface area contributed by atoms with E-state index in [2.05, 4.69) is 43.2 Å². The molecule has 0 radical (unpaired) electrons. The van der Waals surface area contributed by atoms with E-state index in [-0.39, 0.29) is 5.69 Å². The van der Waals surface area contributed by atoms with Crippen molar-refractivity contribution in [3.8, 4) is 6.07 Å². The molecule has 188 valence electrons. The smallest absolute Gasteiger partial charge is 0.323 e. The lowest BCUT2D eigenvalue weighted by atomic mass is 9.63. The summed E-state index contributed by atoms with van der Waals surface area (Å²) in [6.07, 6.45) is -1.19. The predicted molar refractivity (Wildman–Crippen MR) is 129 cm³/mol. The average molecular weight is 491 g/mol. The fourth-order valence-corrected chi connectivity index (χ4v) is 4.41. The van der Waals surface area contributed by atoms with Crippen LogP contribution in [0.4, 0.5) is 39.4 Å². The number of urea groups is 1. The Balaban J connectivity index is 1.98. The average Bonchev–Trinajstić information content (AvgIpc) is 2.72. The summed E-state index contributed by atoms with van der Waals surface area (Å²) >= 11 is 0. The largest absolute Gasteiger partial charge is 0.369 e. The zero-order valence-electron chi connectivity index (χ0n) is 20.3. The Morgan fingerprint density at radius 2 is 1.60 bits per heavy atom. The molecule has 5 nitrogen and oxygen atoms in total. The lowest BCUT2D eigenvalue weighted by molar-refractivity contribution is -0.109. The van der Waals surface area contributed by atoms with Crippen molar-refractivity contribution < 1.29 is 22.4 Å². The Hall–Kier alpha value is -3.28. The van der Waals surface area contributed by atoms with E-state index in [4.69, 9.17) is 0 Å². The fourth-order valence-electron chi connectivity index (χ4n) is 4.41. The molecular formula is C26H30F4N4O. The molecule has 0 atom stereocenters. The van der Waals surface area contributed by atoms with Crippen LogP contribution >= 0.6 is 0 Å². The first-order chi connectivity index (χ1) is 16.3. The van der Waals surface area contributed by atoms with Crippen molar-refractivity contribution in [3.05, 3.63) is 53.6 Å². The van der Waals surface area contributed by atoms with Crippen LogP contribution in [0.5, 0.6) is 0 Å². The van der Waals surface area contributed by atoms with Crippen LogP contribution in [0.15, 0.2) is 36.4 Å². The summed E-state index contributed by atoms with van der Waals surface area (Å²) in [6.45, 7) is 9.56. The number of carbonyl (C=O) groups is 1. The van der Waals surface area contributed by atoms with Crippen LogP contribution in [-0.4, -0.2) is 25.0 Å². The molecule has 1 fully saturated rings. The van der Waals surface area contributed by atoms with Gasteiger partial charge in [0, 0.05) is 32.0 Å². The molecular weight excluding hydrogens is 460 g/mol. The predicted octanol–water partition coefficient (Wildman–Crippen LogP) is 6.92. The topological polar surface area (TPSA) is 68.2 Å². The van der Waals surface area contributed by atoms with Crippen LogP contribution < -0.4 is 15.5 Å². The van der Waals surface area contributed by atoms with Crippen molar-refractivity contribution in [2.75, 3.05) is 28.6 Å². The van der Waals surface area contributed by atoms with Crippen LogP contribution in [0.3, 0.4) is 0 Å². The zero-order valence-corrected chi connectivity index (χ0v) is 20.3. The number of nitriles is 1. The van der Waals surface area contributed by atoms with Gasteiger partial charge in [0.05, 0.1) is 28.5 Å². The maximum absolute atomic E-state index is 14.0. The summed E-state index contributed by atoms with van der Waals surface area (Å²) < 4.78 is 54.7. The molecule has 1 saturated carbocycles. The molecule has 1 aliphatic carbocycles. The molecule has 2 aromatic rings. The van der Waals surface area contributed by atoms with Crippen molar-refractivity contribution in [1.29, 1.82) is 5.26 Å². The second-order valence-corrected chi connectivity index (χ2v) is 10.0. The van der Waals surface area contributed by atoms with Crippen LogP contribution in [0.2, 0.25) is 0 Å². The Labute approximate surface area is 203 Å². The Morgan fingerprint density at radius 3 is 2.11 bits per heavy atom. The van der Waals surface area contributed by atoms with E-state index in [9.17, 15) is 27.6 Å². The number of amides is 2. The first-order valence-electron chi connectivity index (χ1n) is 11.6. The van der Waals surface area contributed by atoms with Crippen molar-refractivity contribution in [2.45, 2.75) is 51.9 Å². The van der Waals surface area contributed by atoms with E-state index < -0.39 is 41.8 Å². The van der Waals surface area contributed by atoms with Gasteiger partial charge >= 0.3 is 6.03 Å². The highest BCUT2D eigenvalue weighted by molar-refractivity contribution is 6.02. The molecule has 35 heavy (non-hydrogen) atoms. The number of rotatable bonds is 8. The van der Waals surface area contributed by atoms with Crippen LogP contribution in [0, 0.1) is 34.8 Å². The Kier molecular flexibility index (Phi) is 7.63. The summed E-state index contributed by atoms with van der Waals surface area (Å²) in [4.78, 5) is 14.9. The summed E-state index contributed by atoms with van der Waals surface area (Å²) in [5.74, 6) is -4.05. The number of anilines is 3. The second kappa shape index (κ2) is 10.1. The molecule has 0 bridgehead atoms. The van der Waals surface area contributed by atoms with Gasteiger partial charge in [0.25, 0.3) is 5.92 Å². The quantitative estimate of drug-likeness (QED) is 0.395. The van der Waals surface area contributed by atoms with Gasteiger partial charge < -0.3 is 15.5 Å². The van der Waals surface area contributed by atoms with Crippen LogP contribution in [0.1, 0.15) is 46.1 Å². The first kappa shape index (κ1) is 26.3. The fraction of sp³-hybridized carbons (Fsp3) is 0.462. The van der Waals surface area contributed by atoms with Crippen LogP contribution in [-0.2, 0) is 5.41 Å². The monoisotopic (exact) mass is 490 g/mol. The minimum absolute atomic E-state index is 0.213. The third-order valence-electron chi connectivity index (χ3n) is 5.82. The molecule has 9 heteroatoms. The van der Waals surface area contributed by atoms with Gasteiger partial charge in [-0.1, -0.05) is 33.8 Å². The number of nitrogens with one attached hydrogen (secondary N) is 2. The molecule has 0 heterocycles. The normalized spacial score (nSPS) is 15.9. The molecule has 1 aliphatic rings. The van der Waals surface area contributed by atoms with Crippen LogP contribution in [0.25, 0.3) is 0 Å². The first-order valence-corrected chi connectivity index (χ1v) is 11.6. The summed E-state index contributed by atoms with van der Waals surface area (Å²) in [5, 5.41) is 14.7. The molecule has 0 spiro atoms. The van der Waals surface area contributed by atoms with Crippen molar-refractivity contribution in [3.63, 3.8) is 0 Å². The maximum Gasteiger partial charge on any atom is 0.323 e. The highest BCUT2D eigenvalue weighted by atomic mass is 19.3. The number of benzene rings is 2. The standard InChI is InChI=1S/C26H30F4N4O/c1-16(2)11-34(12-17(3)4)23-8-5-18(25(15-31)13-26(29,30)14-25)9-22(23)33-24(35)32-21-7-6-19(27)10-20(21)28/h5-10,16-17H,11-14H2,1-4H3,(H2,32,33,35). The van der Waals surface area contributed by atoms with E-state index in [0.717, 1.165) is 12.1 Å². The number of hydrogen-bond donors (Lipinski definition) is 2. The number of carbonyl (C=O) groups excluding carboxylic acids is 1. The van der Waals surface area contributed by atoms with Gasteiger partial charge in [-0.15, -0.1) is 0 Å². The minimum atomic E-state index is -2.92. The van der Waals surface area contributed by atoms with Crippen molar-refractivity contribution in [2.24, 2.45) is 11.8 Å². The number of halogens is 4. The third kappa shape index (κ3) is 6.24. The minimum Gasteiger partial charge on any atom is -0.369 e. The second-order valence-electron chi connectivity index (χ2n) is 10.0. The third-order valence-corrected chi connectivity index (χ3v) is 5.82. The van der Waals surface area contributed by atoms with E-state index in [0.29, 0.717) is 47.9 Å². The summed E-state index contributed by atoms with van der Waals surface area (Å²) in [5.41, 5.74) is -0.209.